The normalized spacial score (nSPS) is 20.6. The Hall–Kier alpha value is -1.14. The monoisotopic (exact) mass is 452 g/mol. The molecule has 6 heteroatoms. The first kappa shape index (κ1) is 21.6. The van der Waals surface area contributed by atoms with Crippen molar-refractivity contribution in [3.8, 4) is 0 Å². The highest BCUT2D eigenvalue weighted by molar-refractivity contribution is 9.10. The van der Waals surface area contributed by atoms with Gasteiger partial charge in [-0.1, -0.05) is 19.3 Å². The van der Waals surface area contributed by atoms with E-state index in [4.69, 9.17) is 4.74 Å². The van der Waals surface area contributed by atoms with Gasteiger partial charge in [-0.25, -0.2) is 4.79 Å². The van der Waals surface area contributed by atoms with Crippen LogP contribution in [0.3, 0.4) is 0 Å². The molecule has 0 aromatic carbocycles. The molecule has 0 amide bonds. The van der Waals surface area contributed by atoms with Gasteiger partial charge >= 0.3 is 5.97 Å². The van der Waals surface area contributed by atoms with E-state index in [0.717, 1.165) is 34.6 Å². The second-order valence-electron chi connectivity index (χ2n) is 9.54. The van der Waals surface area contributed by atoms with E-state index in [1.807, 2.05) is 34.6 Å². The summed E-state index contributed by atoms with van der Waals surface area (Å²) in [5.41, 5.74) is 3.08. The number of carboxylic acids is 1. The maximum atomic E-state index is 12.2. The zero-order valence-corrected chi connectivity index (χ0v) is 19.4. The maximum absolute atomic E-state index is 12.2. The summed E-state index contributed by atoms with van der Waals surface area (Å²) in [6, 6.07) is 0. The van der Waals surface area contributed by atoms with Gasteiger partial charge in [0, 0.05) is 24.3 Å². The molecule has 1 aromatic heterocycles. The number of anilines is 1. The molecule has 1 aromatic rings. The topological polar surface area (TPSA) is 62.7 Å². The standard InChI is InChI=1S/C22H33BrN2O3/c1-14-16(19(20(26)27)28-21(3,4)5)18(17(23)15(2)24-14)25-12-11-22(13-25)9-7-6-8-10-22/h19H,6-13H2,1-5H3,(H,26,27). The Labute approximate surface area is 177 Å². The summed E-state index contributed by atoms with van der Waals surface area (Å²) in [6.45, 7) is 11.5. The molecular formula is C22H33BrN2O3. The summed E-state index contributed by atoms with van der Waals surface area (Å²) < 4.78 is 6.90. The Bertz CT molecular complexity index is 751. The number of aliphatic carboxylic acids is 1. The third-order valence-corrected chi connectivity index (χ3v) is 7.08. The Morgan fingerprint density at radius 2 is 1.82 bits per heavy atom. The lowest BCUT2D eigenvalue weighted by molar-refractivity contribution is -0.160. The molecule has 156 valence electrons. The average Bonchev–Trinajstić information content (AvgIpc) is 2.98. The number of ether oxygens (including phenoxy) is 1. The lowest BCUT2D eigenvalue weighted by Gasteiger charge is -2.35. The summed E-state index contributed by atoms with van der Waals surface area (Å²) in [6.07, 6.45) is 6.65. The van der Waals surface area contributed by atoms with E-state index in [0.29, 0.717) is 11.0 Å². The number of carbonyl (C=O) groups is 1. The van der Waals surface area contributed by atoms with Crippen LogP contribution >= 0.6 is 15.9 Å². The molecule has 1 saturated carbocycles. The molecule has 1 N–H and O–H groups in total. The number of hydrogen-bond acceptors (Lipinski definition) is 4. The van der Waals surface area contributed by atoms with Crippen LogP contribution in [0.15, 0.2) is 4.47 Å². The fraction of sp³-hybridized carbons (Fsp3) is 0.727. The van der Waals surface area contributed by atoms with Crippen molar-refractivity contribution in [2.45, 2.75) is 84.8 Å². The van der Waals surface area contributed by atoms with E-state index in [9.17, 15) is 9.90 Å². The van der Waals surface area contributed by atoms with Crippen molar-refractivity contribution in [3.63, 3.8) is 0 Å². The summed E-state index contributed by atoms with van der Waals surface area (Å²) in [5.74, 6) is -0.969. The Balaban J connectivity index is 2.06. The van der Waals surface area contributed by atoms with Crippen molar-refractivity contribution in [1.82, 2.24) is 4.98 Å². The number of hydrogen-bond donors (Lipinski definition) is 1. The molecule has 0 radical (unpaired) electrons. The predicted octanol–water partition coefficient (Wildman–Crippen LogP) is 5.56. The molecule has 1 spiro atoms. The highest BCUT2D eigenvalue weighted by Gasteiger charge is 2.42. The summed E-state index contributed by atoms with van der Waals surface area (Å²) in [5, 5.41) is 10.00. The third kappa shape index (κ3) is 4.38. The molecule has 1 aliphatic carbocycles. The minimum Gasteiger partial charge on any atom is -0.479 e. The van der Waals surface area contributed by atoms with Gasteiger partial charge in [0.2, 0.25) is 0 Å². The first-order valence-corrected chi connectivity index (χ1v) is 11.1. The van der Waals surface area contributed by atoms with Crippen molar-refractivity contribution in [1.29, 1.82) is 0 Å². The predicted molar refractivity (Wildman–Crippen MR) is 115 cm³/mol. The van der Waals surface area contributed by atoms with Crippen molar-refractivity contribution in [2.24, 2.45) is 5.41 Å². The van der Waals surface area contributed by atoms with Gasteiger partial charge in [0.15, 0.2) is 6.10 Å². The summed E-state index contributed by atoms with van der Waals surface area (Å²) >= 11 is 3.73. The van der Waals surface area contributed by atoms with E-state index >= 15 is 0 Å². The highest BCUT2D eigenvalue weighted by Crippen LogP contribution is 2.48. The van der Waals surface area contributed by atoms with Gasteiger partial charge in [0.25, 0.3) is 0 Å². The summed E-state index contributed by atoms with van der Waals surface area (Å²) in [4.78, 5) is 19.2. The van der Waals surface area contributed by atoms with Gasteiger partial charge in [-0.05, 0) is 75.2 Å². The fourth-order valence-electron chi connectivity index (χ4n) is 4.87. The van der Waals surface area contributed by atoms with E-state index in [-0.39, 0.29) is 0 Å². The van der Waals surface area contributed by atoms with Crippen LogP contribution < -0.4 is 4.90 Å². The molecule has 2 fully saturated rings. The van der Waals surface area contributed by atoms with E-state index in [1.54, 1.807) is 0 Å². The summed E-state index contributed by atoms with van der Waals surface area (Å²) in [7, 11) is 0. The van der Waals surface area contributed by atoms with Gasteiger partial charge in [-0.2, -0.15) is 0 Å². The number of rotatable bonds is 4. The number of aryl methyl sites for hydroxylation is 2. The van der Waals surface area contributed by atoms with Gasteiger partial charge in [-0.15, -0.1) is 0 Å². The molecular weight excluding hydrogens is 420 g/mol. The second-order valence-corrected chi connectivity index (χ2v) is 10.3. The molecule has 3 rings (SSSR count). The minimum absolute atomic E-state index is 0.379. The highest BCUT2D eigenvalue weighted by atomic mass is 79.9. The number of carboxylic acid groups (broad SMARTS) is 1. The van der Waals surface area contributed by atoms with Crippen LogP contribution in [0.5, 0.6) is 0 Å². The van der Waals surface area contributed by atoms with Gasteiger partial charge in [0.05, 0.1) is 21.5 Å². The zero-order valence-electron chi connectivity index (χ0n) is 17.8. The third-order valence-electron chi connectivity index (χ3n) is 6.13. The van der Waals surface area contributed by atoms with Crippen molar-refractivity contribution < 1.29 is 14.6 Å². The van der Waals surface area contributed by atoms with Crippen molar-refractivity contribution in [2.75, 3.05) is 18.0 Å². The Kier molecular flexibility index (Phi) is 6.12. The van der Waals surface area contributed by atoms with Gasteiger partial charge in [-0.3, -0.25) is 4.98 Å². The van der Waals surface area contributed by atoms with Crippen LogP contribution in [-0.2, 0) is 9.53 Å². The first-order chi connectivity index (χ1) is 13.0. The lowest BCUT2D eigenvalue weighted by Crippen LogP contribution is -2.33. The van der Waals surface area contributed by atoms with Crippen LogP contribution in [-0.4, -0.2) is 34.8 Å². The largest absolute Gasteiger partial charge is 0.479 e. The molecule has 1 atom stereocenters. The molecule has 2 aliphatic rings. The molecule has 5 nitrogen and oxygen atoms in total. The Morgan fingerprint density at radius 3 is 2.39 bits per heavy atom. The maximum Gasteiger partial charge on any atom is 0.337 e. The minimum atomic E-state index is -1.04. The van der Waals surface area contributed by atoms with Crippen LogP contribution in [0.2, 0.25) is 0 Å². The van der Waals surface area contributed by atoms with Crippen LogP contribution in [0.1, 0.15) is 82.4 Å². The molecule has 1 aliphatic heterocycles. The van der Waals surface area contributed by atoms with Crippen LogP contribution in [0, 0.1) is 19.3 Å². The van der Waals surface area contributed by atoms with Crippen LogP contribution in [0.25, 0.3) is 0 Å². The van der Waals surface area contributed by atoms with E-state index in [2.05, 4.69) is 25.8 Å². The van der Waals surface area contributed by atoms with Crippen molar-refractivity contribution in [3.05, 3.63) is 21.4 Å². The molecule has 1 unspecified atom stereocenters. The number of aromatic nitrogens is 1. The fourth-order valence-corrected chi connectivity index (χ4v) is 5.42. The SMILES string of the molecule is Cc1nc(C)c(C(OC(C)(C)C)C(=O)O)c(N2CCC3(CCCCC3)C2)c1Br. The molecule has 1 saturated heterocycles. The quantitative estimate of drug-likeness (QED) is 0.647. The van der Waals surface area contributed by atoms with Gasteiger partial charge in [0.1, 0.15) is 0 Å². The Morgan fingerprint density at radius 1 is 1.18 bits per heavy atom. The second kappa shape index (κ2) is 7.94. The average molecular weight is 453 g/mol. The molecule has 28 heavy (non-hydrogen) atoms. The van der Waals surface area contributed by atoms with Crippen LogP contribution in [0.4, 0.5) is 5.69 Å². The zero-order chi connectivity index (χ0) is 20.7. The van der Waals surface area contributed by atoms with E-state index in [1.165, 1.54) is 38.5 Å². The lowest BCUT2D eigenvalue weighted by atomic mass is 9.73. The van der Waals surface area contributed by atoms with Crippen molar-refractivity contribution >= 4 is 27.6 Å². The number of halogens is 1. The van der Waals surface area contributed by atoms with Gasteiger partial charge < -0.3 is 14.7 Å². The smallest absolute Gasteiger partial charge is 0.337 e. The van der Waals surface area contributed by atoms with E-state index < -0.39 is 17.7 Å². The number of nitrogens with zero attached hydrogens (tertiary/aromatic N) is 2. The first-order valence-electron chi connectivity index (χ1n) is 10.4. The number of pyridine rings is 1. The molecule has 2 heterocycles. The molecule has 0 bridgehead atoms.